The highest BCUT2D eigenvalue weighted by Gasteiger charge is 2.53. The number of hydrogen-bond donors (Lipinski definition) is 2. The van der Waals surface area contributed by atoms with Gasteiger partial charge in [-0.15, -0.1) is 11.3 Å². The summed E-state index contributed by atoms with van der Waals surface area (Å²) >= 11 is 1.62. The summed E-state index contributed by atoms with van der Waals surface area (Å²) in [6, 6.07) is 9.28. The van der Waals surface area contributed by atoms with Gasteiger partial charge in [0.1, 0.15) is 18.2 Å². The van der Waals surface area contributed by atoms with Gasteiger partial charge in [0, 0.05) is 17.0 Å². The van der Waals surface area contributed by atoms with Gasteiger partial charge in [0.15, 0.2) is 5.78 Å². The van der Waals surface area contributed by atoms with E-state index in [2.05, 4.69) is 5.32 Å². The zero-order valence-corrected chi connectivity index (χ0v) is 24.2. The zero-order chi connectivity index (χ0) is 28.5. The zero-order valence-electron chi connectivity index (χ0n) is 23.3. The predicted octanol–water partition coefficient (Wildman–Crippen LogP) is 3.74. The molecule has 3 amide bonds. The van der Waals surface area contributed by atoms with Crippen LogP contribution in [0.15, 0.2) is 41.8 Å². The Hall–Kier alpha value is -3.04. The standard InChI is InChI=1S/C30H39N3O5S/c1-18(2)15-21(31-27(36)20-10-8-19(9-11-20)25-7-6-14-39-25)28(37)32-13-12-22-26(32)24(35)17-33(22)29(38)23(34)16-30(3,4)5/h6-11,14,18,21-23,26,34H,12-13,15-17H2,1-5H3,(H,31,36). The molecule has 2 saturated heterocycles. The van der Waals surface area contributed by atoms with E-state index in [4.69, 9.17) is 0 Å². The Labute approximate surface area is 234 Å². The highest BCUT2D eigenvalue weighted by molar-refractivity contribution is 7.13. The first kappa shape index (κ1) is 29.0. The van der Waals surface area contributed by atoms with Gasteiger partial charge in [-0.3, -0.25) is 19.2 Å². The lowest BCUT2D eigenvalue weighted by atomic mass is 9.89. The molecule has 4 rings (SSSR count). The van der Waals surface area contributed by atoms with Crippen molar-refractivity contribution in [3.8, 4) is 10.4 Å². The number of hydrogen-bond acceptors (Lipinski definition) is 6. The second kappa shape index (κ2) is 11.6. The fourth-order valence-corrected chi connectivity index (χ4v) is 6.31. The lowest BCUT2D eigenvalue weighted by Gasteiger charge is -2.30. The number of rotatable bonds is 8. The van der Waals surface area contributed by atoms with Crippen LogP contribution in [-0.2, 0) is 14.4 Å². The van der Waals surface area contributed by atoms with Crippen LogP contribution in [-0.4, -0.2) is 75.7 Å². The van der Waals surface area contributed by atoms with E-state index in [-0.39, 0.29) is 41.9 Å². The van der Waals surface area contributed by atoms with Gasteiger partial charge in [0.25, 0.3) is 11.8 Å². The summed E-state index contributed by atoms with van der Waals surface area (Å²) in [5, 5.41) is 15.4. The number of aliphatic hydroxyl groups excluding tert-OH is 1. The van der Waals surface area contributed by atoms with Crippen LogP contribution >= 0.6 is 11.3 Å². The number of carbonyl (C=O) groups is 4. The van der Waals surface area contributed by atoms with Gasteiger partial charge in [-0.2, -0.15) is 0 Å². The number of ketones is 1. The number of nitrogens with zero attached hydrogens (tertiary/aromatic N) is 2. The molecule has 210 valence electrons. The smallest absolute Gasteiger partial charge is 0.252 e. The number of benzene rings is 1. The Kier molecular flexibility index (Phi) is 8.61. The van der Waals surface area contributed by atoms with Crippen LogP contribution in [0.3, 0.4) is 0 Å². The van der Waals surface area contributed by atoms with E-state index in [0.29, 0.717) is 24.9 Å². The first-order valence-corrected chi connectivity index (χ1v) is 14.5. The lowest BCUT2D eigenvalue weighted by molar-refractivity contribution is -0.143. The number of likely N-dealkylation sites (tertiary alicyclic amines) is 2. The average Bonchev–Trinajstić information content (AvgIpc) is 3.60. The SMILES string of the molecule is CC(C)CC(NC(=O)c1ccc(-c2cccs2)cc1)C(=O)N1CCC2C1C(=O)CN2C(=O)C(O)CC(C)(C)C. The molecule has 2 aliphatic rings. The van der Waals surface area contributed by atoms with E-state index in [1.165, 1.54) is 9.80 Å². The van der Waals surface area contributed by atoms with Crippen LogP contribution in [0.1, 0.15) is 64.2 Å². The maximum atomic E-state index is 13.8. The average molecular weight is 554 g/mol. The van der Waals surface area contributed by atoms with E-state index >= 15 is 0 Å². The molecule has 9 heteroatoms. The second-order valence-corrected chi connectivity index (χ2v) is 13.2. The molecule has 4 atom stereocenters. The number of Topliss-reactive ketones (excluding diaryl/α,β-unsaturated/α-hetero) is 1. The number of carbonyl (C=O) groups excluding carboxylic acids is 4. The fraction of sp³-hybridized carbons (Fsp3) is 0.533. The molecule has 2 fully saturated rings. The summed E-state index contributed by atoms with van der Waals surface area (Å²) < 4.78 is 0. The molecule has 1 aromatic heterocycles. The molecule has 2 aliphatic heterocycles. The minimum absolute atomic E-state index is 0.114. The number of aliphatic hydroxyl groups is 1. The Morgan fingerprint density at radius 1 is 1.08 bits per heavy atom. The van der Waals surface area contributed by atoms with Crippen molar-refractivity contribution < 1.29 is 24.3 Å². The summed E-state index contributed by atoms with van der Waals surface area (Å²) in [5.74, 6) is -1.19. The van der Waals surface area contributed by atoms with E-state index in [9.17, 15) is 24.3 Å². The van der Waals surface area contributed by atoms with Gasteiger partial charge in [-0.05, 0) is 59.7 Å². The third kappa shape index (κ3) is 6.58. The van der Waals surface area contributed by atoms with Crippen molar-refractivity contribution in [1.82, 2.24) is 15.1 Å². The normalized spacial score (nSPS) is 20.7. The van der Waals surface area contributed by atoms with Crippen molar-refractivity contribution in [2.75, 3.05) is 13.1 Å². The van der Waals surface area contributed by atoms with Gasteiger partial charge >= 0.3 is 0 Å². The topological polar surface area (TPSA) is 107 Å². The van der Waals surface area contributed by atoms with Crippen LogP contribution in [0.25, 0.3) is 10.4 Å². The van der Waals surface area contributed by atoms with E-state index < -0.39 is 30.1 Å². The predicted molar refractivity (Wildman–Crippen MR) is 151 cm³/mol. The number of fused-ring (bicyclic) bond motifs is 1. The highest BCUT2D eigenvalue weighted by Crippen LogP contribution is 2.32. The maximum Gasteiger partial charge on any atom is 0.252 e. The molecular weight excluding hydrogens is 514 g/mol. The molecule has 4 unspecified atom stereocenters. The molecule has 2 N–H and O–H groups in total. The van der Waals surface area contributed by atoms with Crippen LogP contribution in [0.5, 0.6) is 0 Å². The molecule has 39 heavy (non-hydrogen) atoms. The third-order valence-electron chi connectivity index (χ3n) is 7.34. The summed E-state index contributed by atoms with van der Waals surface area (Å²) in [5.41, 5.74) is 1.23. The van der Waals surface area contributed by atoms with Gasteiger partial charge in [0.2, 0.25) is 5.91 Å². The van der Waals surface area contributed by atoms with E-state index in [1.54, 1.807) is 23.5 Å². The Morgan fingerprint density at radius 3 is 2.36 bits per heavy atom. The molecule has 0 bridgehead atoms. The van der Waals surface area contributed by atoms with Gasteiger partial charge < -0.3 is 20.2 Å². The third-order valence-corrected chi connectivity index (χ3v) is 8.26. The second-order valence-electron chi connectivity index (χ2n) is 12.3. The van der Waals surface area contributed by atoms with Crippen molar-refractivity contribution >= 4 is 34.8 Å². The molecule has 0 saturated carbocycles. The first-order valence-electron chi connectivity index (χ1n) is 13.6. The first-order chi connectivity index (χ1) is 18.4. The molecular formula is C30H39N3O5S. The van der Waals surface area contributed by atoms with E-state index in [1.807, 2.05) is 64.3 Å². The summed E-state index contributed by atoms with van der Waals surface area (Å²) in [6.45, 7) is 9.99. The maximum absolute atomic E-state index is 13.8. The van der Waals surface area contributed by atoms with Gasteiger partial charge in [-0.1, -0.05) is 52.8 Å². The minimum Gasteiger partial charge on any atom is -0.383 e. The Morgan fingerprint density at radius 2 is 1.77 bits per heavy atom. The van der Waals surface area contributed by atoms with Crippen LogP contribution in [0.2, 0.25) is 0 Å². The monoisotopic (exact) mass is 553 g/mol. The number of thiophene rings is 1. The van der Waals surface area contributed by atoms with Crippen LogP contribution in [0, 0.1) is 11.3 Å². The Balaban J connectivity index is 1.46. The van der Waals surface area contributed by atoms with Crippen molar-refractivity contribution in [2.45, 2.75) is 78.1 Å². The molecule has 0 radical (unpaired) electrons. The molecule has 3 heterocycles. The molecule has 8 nitrogen and oxygen atoms in total. The molecule has 0 spiro atoms. The largest absolute Gasteiger partial charge is 0.383 e. The summed E-state index contributed by atoms with van der Waals surface area (Å²) in [4.78, 5) is 57.1. The van der Waals surface area contributed by atoms with Gasteiger partial charge in [-0.25, -0.2) is 0 Å². The summed E-state index contributed by atoms with van der Waals surface area (Å²) in [6.07, 6.45) is -0.0245. The Bertz CT molecular complexity index is 1200. The summed E-state index contributed by atoms with van der Waals surface area (Å²) in [7, 11) is 0. The quantitative estimate of drug-likeness (QED) is 0.518. The van der Waals surface area contributed by atoms with Crippen molar-refractivity contribution in [2.24, 2.45) is 11.3 Å². The van der Waals surface area contributed by atoms with Crippen LogP contribution in [0.4, 0.5) is 0 Å². The van der Waals surface area contributed by atoms with E-state index in [0.717, 1.165) is 10.4 Å². The fourth-order valence-electron chi connectivity index (χ4n) is 5.58. The molecule has 0 aliphatic carbocycles. The van der Waals surface area contributed by atoms with Gasteiger partial charge in [0.05, 0.1) is 12.6 Å². The molecule has 2 aromatic rings. The van der Waals surface area contributed by atoms with Crippen molar-refractivity contribution in [3.05, 3.63) is 47.3 Å². The number of amides is 3. The highest BCUT2D eigenvalue weighted by atomic mass is 32.1. The minimum atomic E-state index is -1.19. The molecule has 1 aromatic carbocycles. The number of nitrogens with one attached hydrogen (secondary N) is 1. The lowest BCUT2D eigenvalue weighted by Crippen LogP contribution is -2.53. The van der Waals surface area contributed by atoms with Crippen LogP contribution < -0.4 is 5.32 Å². The van der Waals surface area contributed by atoms with Crippen molar-refractivity contribution in [3.63, 3.8) is 0 Å². The van der Waals surface area contributed by atoms with Crippen molar-refractivity contribution in [1.29, 1.82) is 0 Å².